The first-order valence-electron chi connectivity index (χ1n) is 11.5. The molecule has 4 aromatic rings. The summed E-state index contributed by atoms with van der Waals surface area (Å²) in [5.41, 5.74) is 5.05. The molecular weight excluding hydrogens is 496 g/mol. The second-order valence-electron chi connectivity index (χ2n) is 9.32. The van der Waals surface area contributed by atoms with Crippen molar-refractivity contribution in [3.8, 4) is 11.3 Å². The quantitative estimate of drug-likeness (QED) is 0.315. The molecule has 37 heavy (non-hydrogen) atoms. The second-order valence-corrected chi connectivity index (χ2v) is 9.32. The average molecular weight is 516 g/mol. The number of carbonyl (C=O) groups excluding carboxylic acids is 1. The fraction of sp³-hybridized carbons (Fsp3) is 0.348. The van der Waals surface area contributed by atoms with Gasteiger partial charge in [0, 0.05) is 11.1 Å². The lowest BCUT2D eigenvalue weighted by Gasteiger charge is -2.16. The molecule has 192 valence electrons. The van der Waals surface area contributed by atoms with Crippen molar-refractivity contribution in [3.05, 3.63) is 41.6 Å². The van der Waals surface area contributed by atoms with Gasteiger partial charge < -0.3 is 15.6 Å². The first-order chi connectivity index (χ1) is 17.6. The van der Waals surface area contributed by atoms with Crippen LogP contribution in [-0.2, 0) is 5.41 Å². The monoisotopic (exact) mass is 516 g/mol. The zero-order chi connectivity index (χ0) is 26.1. The minimum atomic E-state index is -4.48. The van der Waals surface area contributed by atoms with Crippen LogP contribution in [0.1, 0.15) is 43.0 Å². The van der Waals surface area contributed by atoms with Crippen LogP contribution in [-0.4, -0.2) is 37.1 Å². The minimum absolute atomic E-state index is 0.0683. The maximum absolute atomic E-state index is 15.0. The lowest BCUT2D eigenvalue weighted by Crippen LogP contribution is -2.29. The number of rotatable bonds is 5. The highest BCUT2D eigenvalue weighted by molar-refractivity contribution is 6.01. The van der Waals surface area contributed by atoms with Gasteiger partial charge in [0.1, 0.15) is 34.8 Å². The fourth-order valence-corrected chi connectivity index (χ4v) is 4.47. The van der Waals surface area contributed by atoms with Crippen LogP contribution >= 0.6 is 0 Å². The van der Waals surface area contributed by atoms with E-state index >= 15 is 0 Å². The van der Waals surface area contributed by atoms with Crippen molar-refractivity contribution in [1.29, 1.82) is 0 Å². The third kappa shape index (κ3) is 3.74. The maximum atomic E-state index is 15.0. The number of alkyl halides is 3. The van der Waals surface area contributed by atoms with E-state index < -0.39 is 23.4 Å². The number of amides is 2. The van der Waals surface area contributed by atoms with Crippen molar-refractivity contribution in [3.63, 3.8) is 0 Å². The Hall–Kier alpha value is -4.23. The molecule has 0 unspecified atom stereocenters. The van der Waals surface area contributed by atoms with Gasteiger partial charge in [-0.3, -0.25) is 5.32 Å². The van der Waals surface area contributed by atoms with Gasteiger partial charge in [-0.1, -0.05) is 11.2 Å². The first kappa shape index (κ1) is 23.2. The summed E-state index contributed by atoms with van der Waals surface area (Å²) in [5, 5.41) is 13.3. The lowest BCUT2D eigenvalue weighted by molar-refractivity contribution is -0.162. The number of nitrogen functional groups attached to an aromatic ring is 1. The summed E-state index contributed by atoms with van der Waals surface area (Å²) in [4.78, 5) is 20.8. The highest BCUT2D eigenvalue weighted by Crippen LogP contribution is 2.59. The van der Waals surface area contributed by atoms with Crippen LogP contribution in [0.25, 0.3) is 22.3 Å². The van der Waals surface area contributed by atoms with Crippen molar-refractivity contribution in [2.24, 2.45) is 0 Å². The largest absolute Gasteiger partial charge is 0.400 e. The van der Waals surface area contributed by atoms with Crippen LogP contribution in [0.15, 0.2) is 29.0 Å². The second kappa shape index (κ2) is 7.88. The van der Waals surface area contributed by atoms with Crippen LogP contribution in [0.2, 0.25) is 0 Å². The molecule has 2 aliphatic rings. The molecule has 0 bridgehead atoms. The molecule has 3 aromatic heterocycles. The van der Waals surface area contributed by atoms with Gasteiger partial charge in [-0.15, -0.1) is 0 Å². The van der Waals surface area contributed by atoms with Crippen LogP contribution < -0.4 is 16.4 Å². The Bertz CT molecular complexity index is 1550. The topological polar surface area (TPSA) is 137 Å². The summed E-state index contributed by atoms with van der Waals surface area (Å²) >= 11 is 0. The number of anilines is 3. The molecule has 0 atom stereocenters. The summed E-state index contributed by atoms with van der Waals surface area (Å²) in [6.45, 7) is 1.38. The van der Waals surface area contributed by atoms with Crippen LogP contribution in [0.5, 0.6) is 0 Å². The molecular formula is C23H20F4N8O2. The zero-order valence-corrected chi connectivity index (χ0v) is 19.4. The molecule has 0 radical (unpaired) electrons. The molecule has 1 aromatic carbocycles. The molecule has 3 heterocycles. The highest BCUT2D eigenvalue weighted by atomic mass is 19.4. The predicted octanol–water partition coefficient (Wildman–Crippen LogP) is 5.08. The van der Waals surface area contributed by atoms with E-state index in [9.17, 15) is 22.4 Å². The molecule has 2 saturated carbocycles. The number of hydrogen-bond acceptors (Lipinski definition) is 7. The van der Waals surface area contributed by atoms with E-state index in [2.05, 4.69) is 30.9 Å². The average Bonchev–Trinajstić information content (AvgIpc) is 3.76. The normalized spacial score (nSPS) is 16.7. The molecule has 2 fully saturated rings. The third-order valence-corrected chi connectivity index (χ3v) is 6.80. The van der Waals surface area contributed by atoms with Crippen LogP contribution in [0.4, 0.5) is 39.7 Å². The number of benzene rings is 1. The van der Waals surface area contributed by atoms with Gasteiger partial charge in [0.05, 0.1) is 17.1 Å². The van der Waals surface area contributed by atoms with Crippen molar-refractivity contribution < 1.29 is 26.9 Å². The SMILES string of the molecule is Cc1c(C2(C(F)(F)F)CC2)noc1NC(=O)Nc1ccc(-c2nn(C3CC3)c3ncnc(N)c23)cc1F. The van der Waals surface area contributed by atoms with Crippen molar-refractivity contribution >= 4 is 34.5 Å². The first-order valence-corrected chi connectivity index (χ1v) is 11.5. The zero-order valence-electron chi connectivity index (χ0n) is 19.4. The highest BCUT2D eigenvalue weighted by Gasteiger charge is 2.66. The van der Waals surface area contributed by atoms with E-state index in [1.54, 1.807) is 10.7 Å². The maximum Gasteiger partial charge on any atom is 0.400 e. The number of nitrogens with two attached hydrogens (primary N) is 1. The molecule has 2 aliphatic carbocycles. The smallest absolute Gasteiger partial charge is 0.383 e. The fourth-order valence-electron chi connectivity index (χ4n) is 4.47. The molecule has 10 nitrogen and oxygen atoms in total. The minimum Gasteiger partial charge on any atom is -0.383 e. The molecule has 6 rings (SSSR count). The lowest BCUT2D eigenvalue weighted by atomic mass is 9.98. The number of hydrogen-bond donors (Lipinski definition) is 3. The van der Waals surface area contributed by atoms with Crippen LogP contribution in [0.3, 0.4) is 0 Å². The van der Waals surface area contributed by atoms with E-state index in [1.807, 2.05) is 0 Å². The van der Waals surface area contributed by atoms with Gasteiger partial charge in [0.2, 0.25) is 5.88 Å². The van der Waals surface area contributed by atoms with Gasteiger partial charge in [-0.05, 0) is 44.7 Å². The third-order valence-electron chi connectivity index (χ3n) is 6.80. The Labute approximate surface area is 206 Å². The molecule has 0 aliphatic heterocycles. The van der Waals surface area contributed by atoms with Gasteiger partial charge in [-0.2, -0.15) is 18.3 Å². The van der Waals surface area contributed by atoms with Crippen molar-refractivity contribution in [2.75, 3.05) is 16.4 Å². The Balaban J connectivity index is 1.22. The standard InChI is InChI=1S/C23H20F4N8O2/c1-10-17(22(6-7-22)23(25,26)27)34-37-20(10)32-21(36)31-14-5-2-11(8-13(14)24)16-15-18(28)29-9-30-19(15)35(33-16)12-3-4-12/h2,5,8-9,12H,3-4,6-7H2,1H3,(H2,28,29,30)(H2,31,32,36). The number of aromatic nitrogens is 5. The Morgan fingerprint density at radius 2 is 1.97 bits per heavy atom. The Morgan fingerprint density at radius 1 is 1.22 bits per heavy atom. The van der Waals surface area contributed by atoms with Gasteiger partial charge >= 0.3 is 12.2 Å². The molecule has 0 spiro atoms. The summed E-state index contributed by atoms with van der Waals surface area (Å²) in [5.74, 6) is -0.789. The molecule has 2 amide bonds. The van der Waals surface area contributed by atoms with E-state index in [0.717, 1.165) is 12.8 Å². The Kier molecular flexibility index (Phi) is 4.94. The number of nitrogens with one attached hydrogen (secondary N) is 2. The predicted molar refractivity (Wildman–Crippen MR) is 124 cm³/mol. The summed E-state index contributed by atoms with van der Waals surface area (Å²) in [6, 6.07) is 3.39. The number of halogens is 4. The van der Waals surface area contributed by atoms with E-state index in [0.29, 0.717) is 22.3 Å². The van der Waals surface area contributed by atoms with Gasteiger partial charge in [0.15, 0.2) is 5.65 Å². The van der Waals surface area contributed by atoms with Crippen molar-refractivity contribution in [1.82, 2.24) is 24.9 Å². The van der Waals surface area contributed by atoms with E-state index in [1.165, 1.54) is 25.4 Å². The van der Waals surface area contributed by atoms with Gasteiger partial charge in [0.25, 0.3) is 0 Å². The molecule has 0 saturated heterocycles. The Morgan fingerprint density at radius 3 is 2.62 bits per heavy atom. The van der Waals surface area contributed by atoms with Crippen LogP contribution in [0, 0.1) is 12.7 Å². The number of carbonyl (C=O) groups is 1. The molecule has 14 heteroatoms. The number of fused-ring (bicyclic) bond motifs is 1. The number of urea groups is 1. The van der Waals surface area contributed by atoms with Crippen molar-refractivity contribution in [2.45, 2.75) is 50.2 Å². The molecule has 4 N–H and O–H groups in total. The number of nitrogens with zero attached hydrogens (tertiary/aromatic N) is 5. The summed E-state index contributed by atoms with van der Waals surface area (Å²) in [7, 11) is 0. The van der Waals surface area contributed by atoms with E-state index in [4.69, 9.17) is 10.3 Å². The van der Waals surface area contributed by atoms with Gasteiger partial charge in [-0.25, -0.2) is 23.8 Å². The summed E-state index contributed by atoms with van der Waals surface area (Å²) < 4.78 is 62.0. The van der Waals surface area contributed by atoms with E-state index in [-0.39, 0.29) is 47.5 Å². The summed E-state index contributed by atoms with van der Waals surface area (Å²) in [6.07, 6.45) is -1.42.